The van der Waals surface area contributed by atoms with Gasteiger partial charge in [-0.1, -0.05) is 24.3 Å². The molecule has 0 aliphatic rings. The van der Waals surface area contributed by atoms with Crippen molar-refractivity contribution in [1.29, 1.82) is 0 Å². The molecule has 120 valence electrons. The van der Waals surface area contributed by atoms with Crippen molar-refractivity contribution < 1.29 is 9.53 Å². The van der Waals surface area contributed by atoms with Crippen LogP contribution in [0, 0.1) is 0 Å². The van der Waals surface area contributed by atoms with Gasteiger partial charge < -0.3 is 15.8 Å². The van der Waals surface area contributed by atoms with E-state index in [0.717, 1.165) is 17.7 Å². The molecule has 0 saturated carbocycles. The Balaban J connectivity index is 0.00000242. The molecule has 1 atom stereocenters. The number of halogens is 1. The molecule has 1 heterocycles. The summed E-state index contributed by atoms with van der Waals surface area (Å²) in [4.78, 5) is 11.7. The second-order valence-corrected chi connectivity index (χ2v) is 4.80. The molecule has 1 unspecified atom stereocenters. The molecule has 1 aromatic carbocycles. The molecule has 0 fully saturated rings. The molecule has 2 aromatic rings. The van der Waals surface area contributed by atoms with Crippen molar-refractivity contribution in [3.05, 3.63) is 53.9 Å². The fourth-order valence-corrected chi connectivity index (χ4v) is 1.92. The predicted molar refractivity (Wildman–Crippen MR) is 86.7 cm³/mol. The zero-order valence-corrected chi connectivity index (χ0v) is 13.3. The summed E-state index contributed by atoms with van der Waals surface area (Å²) in [5.74, 6) is -0.211. The van der Waals surface area contributed by atoms with Crippen LogP contribution in [0.15, 0.2) is 42.7 Å². The van der Waals surface area contributed by atoms with Gasteiger partial charge in [0.25, 0.3) is 0 Å². The minimum Gasteiger partial charge on any atom is -0.383 e. The Morgan fingerprint density at radius 2 is 2.05 bits per heavy atom. The summed E-state index contributed by atoms with van der Waals surface area (Å²) in [5, 5.41) is 6.95. The molecule has 0 saturated heterocycles. The normalized spacial score (nSPS) is 11.5. The molecule has 6 nitrogen and oxygen atoms in total. The molecule has 0 bridgehead atoms. The lowest BCUT2D eigenvalue weighted by atomic mass is 10.1. The Bertz CT molecular complexity index is 557. The lowest BCUT2D eigenvalue weighted by molar-refractivity contribution is -0.123. The van der Waals surface area contributed by atoms with Crippen LogP contribution in [0.25, 0.3) is 0 Å². The molecule has 3 N–H and O–H groups in total. The van der Waals surface area contributed by atoms with Crippen molar-refractivity contribution in [3.63, 3.8) is 0 Å². The average molecular weight is 325 g/mol. The van der Waals surface area contributed by atoms with E-state index < -0.39 is 6.04 Å². The Hall–Kier alpha value is -1.89. The number of rotatable bonds is 7. The van der Waals surface area contributed by atoms with E-state index in [4.69, 9.17) is 10.5 Å². The van der Waals surface area contributed by atoms with Gasteiger partial charge in [-0.25, -0.2) is 0 Å². The van der Waals surface area contributed by atoms with Gasteiger partial charge in [-0.05, 0) is 17.2 Å². The van der Waals surface area contributed by atoms with Crippen LogP contribution in [0.4, 0.5) is 0 Å². The summed E-state index contributed by atoms with van der Waals surface area (Å²) >= 11 is 0. The number of nitrogens with one attached hydrogen (secondary N) is 1. The molecule has 0 spiro atoms. The van der Waals surface area contributed by atoms with Crippen LogP contribution < -0.4 is 11.1 Å². The summed E-state index contributed by atoms with van der Waals surface area (Å²) in [6.07, 6.45) is 3.68. The van der Waals surface area contributed by atoms with Crippen molar-refractivity contribution in [2.24, 2.45) is 5.73 Å². The number of hydrogen-bond donors (Lipinski definition) is 2. The molecule has 0 aliphatic carbocycles. The highest BCUT2D eigenvalue weighted by molar-refractivity contribution is 5.85. The third-order valence-corrected chi connectivity index (χ3v) is 3.08. The second kappa shape index (κ2) is 9.19. The fourth-order valence-electron chi connectivity index (χ4n) is 1.92. The van der Waals surface area contributed by atoms with Crippen molar-refractivity contribution in [3.8, 4) is 0 Å². The standard InChI is InChI=1S/C15H20N4O2.ClH/c1-21-11-14(16)15(20)17-9-12-3-5-13(6-4-12)10-19-8-2-7-18-19;/h2-8,14H,9-11,16H2,1H3,(H,17,20);1H. The number of benzene rings is 1. The van der Waals surface area contributed by atoms with E-state index in [0.29, 0.717) is 6.54 Å². The number of carbonyl (C=O) groups excluding carboxylic acids is 1. The summed E-state index contributed by atoms with van der Waals surface area (Å²) in [6.45, 7) is 1.41. The number of nitrogens with two attached hydrogens (primary N) is 1. The average Bonchev–Trinajstić information content (AvgIpc) is 2.99. The molecular formula is C15H21ClN4O2. The maximum absolute atomic E-state index is 11.7. The van der Waals surface area contributed by atoms with Gasteiger partial charge in [0.2, 0.25) is 5.91 Å². The van der Waals surface area contributed by atoms with Gasteiger partial charge in [0, 0.05) is 26.0 Å². The first-order valence-corrected chi connectivity index (χ1v) is 6.76. The van der Waals surface area contributed by atoms with Crippen molar-refractivity contribution in [1.82, 2.24) is 15.1 Å². The van der Waals surface area contributed by atoms with E-state index in [2.05, 4.69) is 10.4 Å². The lowest BCUT2D eigenvalue weighted by Crippen LogP contribution is -2.43. The molecule has 0 radical (unpaired) electrons. The maximum Gasteiger partial charge on any atom is 0.239 e. The van der Waals surface area contributed by atoms with Crippen molar-refractivity contribution in [2.45, 2.75) is 19.1 Å². The van der Waals surface area contributed by atoms with Crippen LogP contribution in [0.5, 0.6) is 0 Å². The fraction of sp³-hybridized carbons (Fsp3) is 0.333. The van der Waals surface area contributed by atoms with Crippen LogP contribution in [-0.2, 0) is 22.6 Å². The largest absolute Gasteiger partial charge is 0.383 e. The monoisotopic (exact) mass is 324 g/mol. The Morgan fingerprint density at radius 1 is 1.36 bits per heavy atom. The highest BCUT2D eigenvalue weighted by atomic mass is 35.5. The summed E-state index contributed by atoms with van der Waals surface area (Å²) in [7, 11) is 1.52. The molecule has 1 amide bonds. The van der Waals surface area contributed by atoms with Gasteiger partial charge in [-0.15, -0.1) is 12.4 Å². The summed E-state index contributed by atoms with van der Waals surface area (Å²) < 4.78 is 6.71. The molecule has 0 aliphatic heterocycles. The van der Waals surface area contributed by atoms with E-state index in [9.17, 15) is 4.79 Å². The zero-order chi connectivity index (χ0) is 15.1. The molecule has 2 rings (SSSR count). The van der Waals surface area contributed by atoms with Crippen LogP contribution >= 0.6 is 12.4 Å². The molecule has 22 heavy (non-hydrogen) atoms. The number of carbonyl (C=O) groups is 1. The van der Waals surface area contributed by atoms with Crippen LogP contribution in [0.3, 0.4) is 0 Å². The van der Waals surface area contributed by atoms with Crippen molar-refractivity contribution in [2.75, 3.05) is 13.7 Å². The van der Waals surface area contributed by atoms with Gasteiger partial charge in [0.15, 0.2) is 0 Å². The highest BCUT2D eigenvalue weighted by Crippen LogP contribution is 2.06. The van der Waals surface area contributed by atoms with Gasteiger partial charge in [0.05, 0.1) is 13.2 Å². The quantitative estimate of drug-likeness (QED) is 0.794. The van der Waals surface area contributed by atoms with E-state index >= 15 is 0 Å². The van der Waals surface area contributed by atoms with Gasteiger partial charge in [-0.3, -0.25) is 9.48 Å². The molecule has 1 aromatic heterocycles. The maximum atomic E-state index is 11.7. The number of amides is 1. The molecular weight excluding hydrogens is 304 g/mol. The first kappa shape index (κ1) is 18.2. The van der Waals surface area contributed by atoms with Crippen LogP contribution in [0.2, 0.25) is 0 Å². The highest BCUT2D eigenvalue weighted by Gasteiger charge is 2.12. The van der Waals surface area contributed by atoms with Gasteiger partial charge in [-0.2, -0.15) is 5.10 Å². The number of hydrogen-bond acceptors (Lipinski definition) is 4. The topological polar surface area (TPSA) is 82.2 Å². The van der Waals surface area contributed by atoms with E-state index in [1.54, 1.807) is 6.20 Å². The predicted octanol–water partition coefficient (Wildman–Crippen LogP) is 0.943. The molecule has 7 heteroatoms. The third kappa shape index (κ3) is 5.48. The summed E-state index contributed by atoms with van der Waals surface area (Å²) in [5.41, 5.74) is 7.83. The Kier molecular flexibility index (Phi) is 7.59. The smallest absolute Gasteiger partial charge is 0.239 e. The summed E-state index contributed by atoms with van der Waals surface area (Å²) in [6, 6.07) is 9.29. The van der Waals surface area contributed by atoms with Gasteiger partial charge >= 0.3 is 0 Å². The van der Waals surface area contributed by atoms with Crippen molar-refractivity contribution >= 4 is 18.3 Å². The Morgan fingerprint density at radius 3 is 2.64 bits per heavy atom. The second-order valence-electron chi connectivity index (χ2n) is 4.80. The SMILES string of the molecule is COCC(N)C(=O)NCc1ccc(Cn2cccn2)cc1.Cl. The minimum atomic E-state index is -0.630. The van der Waals surface area contributed by atoms with Crippen LogP contribution in [-0.4, -0.2) is 35.4 Å². The number of ether oxygens (including phenoxy) is 1. The Labute approximate surface area is 136 Å². The van der Waals surface area contributed by atoms with E-state index in [1.165, 1.54) is 7.11 Å². The van der Waals surface area contributed by atoms with Gasteiger partial charge in [0.1, 0.15) is 6.04 Å². The minimum absolute atomic E-state index is 0. The first-order valence-electron chi connectivity index (χ1n) is 6.76. The zero-order valence-electron chi connectivity index (χ0n) is 12.4. The van der Waals surface area contributed by atoms with E-state index in [1.807, 2.05) is 41.2 Å². The first-order chi connectivity index (χ1) is 10.2. The number of nitrogens with zero attached hydrogens (tertiary/aromatic N) is 2. The van der Waals surface area contributed by atoms with E-state index in [-0.39, 0.29) is 24.9 Å². The number of aromatic nitrogens is 2. The lowest BCUT2D eigenvalue weighted by Gasteiger charge is -2.11. The number of methoxy groups -OCH3 is 1. The van der Waals surface area contributed by atoms with Crippen LogP contribution in [0.1, 0.15) is 11.1 Å². The third-order valence-electron chi connectivity index (χ3n) is 3.08.